The number of aromatic nitrogens is 2. The number of amides is 1. The van der Waals surface area contributed by atoms with Crippen LogP contribution in [0, 0.1) is 5.92 Å². The quantitative estimate of drug-likeness (QED) is 0.707. The first-order chi connectivity index (χ1) is 12.2. The Bertz CT molecular complexity index is 892. The van der Waals surface area contributed by atoms with Crippen LogP contribution < -0.4 is 16.0 Å². The van der Waals surface area contributed by atoms with Crippen LogP contribution in [0.15, 0.2) is 42.0 Å². The molecule has 1 unspecified atom stereocenters. The van der Waals surface area contributed by atoms with Crippen LogP contribution in [0.25, 0.3) is 10.2 Å². The summed E-state index contributed by atoms with van der Waals surface area (Å²) in [6.45, 7) is 1.58. The molecule has 128 valence electrons. The molecule has 1 atom stereocenters. The van der Waals surface area contributed by atoms with Gasteiger partial charge < -0.3 is 16.0 Å². The number of nitrogens with zero attached hydrogens (tertiary/aromatic N) is 3. The zero-order chi connectivity index (χ0) is 17.2. The molecule has 1 aliphatic heterocycles. The number of rotatable bonds is 3. The number of piperidine rings is 1. The normalized spacial score (nSPS) is 17.6. The van der Waals surface area contributed by atoms with Gasteiger partial charge in [-0.25, -0.2) is 9.97 Å². The van der Waals surface area contributed by atoms with E-state index >= 15 is 0 Å². The van der Waals surface area contributed by atoms with Gasteiger partial charge in [0, 0.05) is 24.5 Å². The van der Waals surface area contributed by atoms with Crippen molar-refractivity contribution >= 4 is 44.7 Å². The lowest BCUT2D eigenvalue weighted by molar-refractivity contribution is -0.120. The number of fused-ring (bicyclic) bond motifs is 1. The Morgan fingerprint density at radius 2 is 2.08 bits per heavy atom. The maximum Gasteiger partial charge on any atom is 0.229 e. The third kappa shape index (κ3) is 3.28. The summed E-state index contributed by atoms with van der Waals surface area (Å²) in [5, 5.41) is 6.08. The molecule has 1 amide bonds. The van der Waals surface area contributed by atoms with Gasteiger partial charge in [0.15, 0.2) is 0 Å². The van der Waals surface area contributed by atoms with Crippen LogP contribution in [0.2, 0.25) is 0 Å². The zero-order valence-corrected chi connectivity index (χ0v) is 14.5. The maximum atomic E-state index is 12.6. The SMILES string of the molecule is Nc1ccc(NC(=O)C2CCCN(c3ncnc4sccc34)C2)cc1. The van der Waals surface area contributed by atoms with Crippen LogP contribution in [0.5, 0.6) is 0 Å². The van der Waals surface area contributed by atoms with Gasteiger partial charge in [0.2, 0.25) is 5.91 Å². The third-order valence-electron chi connectivity index (χ3n) is 4.51. The van der Waals surface area contributed by atoms with Crippen LogP contribution in [0.4, 0.5) is 17.2 Å². The molecular weight excluding hydrogens is 334 g/mol. The van der Waals surface area contributed by atoms with Crippen molar-refractivity contribution < 1.29 is 4.79 Å². The first kappa shape index (κ1) is 15.8. The fraction of sp³-hybridized carbons (Fsp3) is 0.278. The molecule has 7 heteroatoms. The zero-order valence-electron chi connectivity index (χ0n) is 13.7. The smallest absolute Gasteiger partial charge is 0.229 e. The number of carbonyl (C=O) groups excluding carboxylic acids is 1. The van der Waals surface area contributed by atoms with Gasteiger partial charge in [-0.15, -0.1) is 11.3 Å². The third-order valence-corrected chi connectivity index (χ3v) is 5.33. The van der Waals surface area contributed by atoms with Crippen molar-refractivity contribution in [3.8, 4) is 0 Å². The summed E-state index contributed by atoms with van der Waals surface area (Å²) in [4.78, 5) is 24.6. The molecule has 25 heavy (non-hydrogen) atoms. The van der Waals surface area contributed by atoms with Crippen molar-refractivity contribution in [1.29, 1.82) is 0 Å². The molecule has 3 heterocycles. The van der Waals surface area contributed by atoms with Gasteiger partial charge in [-0.2, -0.15) is 0 Å². The fourth-order valence-corrected chi connectivity index (χ4v) is 3.95. The lowest BCUT2D eigenvalue weighted by Crippen LogP contribution is -2.41. The Morgan fingerprint density at radius 1 is 1.24 bits per heavy atom. The number of anilines is 3. The van der Waals surface area contributed by atoms with Crippen LogP contribution in [0.3, 0.4) is 0 Å². The van der Waals surface area contributed by atoms with Crippen molar-refractivity contribution in [3.05, 3.63) is 42.0 Å². The summed E-state index contributed by atoms with van der Waals surface area (Å²) in [6.07, 6.45) is 3.46. The lowest BCUT2D eigenvalue weighted by atomic mass is 9.97. The van der Waals surface area contributed by atoms with Crippen LogP contribution in [-0.4, -0.2) is 29.0 Å². The molecule has 6 nitrogen and oxygen atoms in total. The second-order valence-electron chi connectivity index (χ2n) is 6.23. The van der Waals surface area contributed by atoms with Crippen molar-refractivity contribution in [2.45, 2.75) is 12.8 Å². The van der Waals surface area contributed by atoms with Gasteiger partial charge in [0.25, 0.3) is 0 Å². The summed E-state index contributed by atoms with van der Waals surface area (Å²) in [5.74, 6) is 0.913. The topological polar surface area (TPSA) is 84.1 Å². The van der Waals surface area contributed by atoms with E-state index in [0.717, 1.165) is 41.1 Å². The van der Waals surface area contributed by atoms with Crippen LogP contribution >= 0.6 is 11.3 Å². The predicted molar refractivity (Wildman–Crippen MR) is 102 cm³/mol. The maximum absolute atomic E-state index is 12.6. The molecule has 0 radical (unpaired) electrons. The Kier molecular flexibility index (Phi) is 4.23. The highest BCUT2D eigenvalue weighted by Gasteiger charge is 2.27. The minimum atomic E-state index is -0.0602. The average Bonchev–Trinajstić information content (AvgIpc) is 3.12. The van der Waals surface area contributed by atoms with Gasteiger partial charge in [-0.05, 0) is 48.6 Å². The molecule has 0 spiro atoms. The van der Waals surface area contributed by atoms with E-state index in [1.54, 1.807) is 29.8 Å². The molecule has 0 saturated carbocycles. The number of nitrogen functional groups attached to an aromatic ring is 1. The Balaban J connectivity index is 1.50. The first-order valence-electron chi connectivity index (χ1n) is 8.30. The fourth-order valence-electron chi connectivity index (χ4n) is 3.22. The van der Waals surface area contributed by atoms with E-state index in [1.165, 1.54) is 0 Å². The number of benzene rings is 1. The summed E-state index contributed by atoms with van der Waals surface area (Å²) >= 11 is 1.61. The number of nitrogens with two attached hydrogens (primary N) is 1. The van der Waals surface area contributed by atoms with Gasteiger partial charge in [-0.3, -0.25) is 4.79 Å². The van der Waals surface area contributed by atoms with Crippen molar-refractivity contribution in [3.63, 3.8) is 0 Å². The number of nitrogens with one attached hydrogen (secondary N) is 1. The van der Waals surface area contributed by atoms with E-state index < -0.39 is 0 Å². The Morgan fingerprint density at radius 3 is 2.92 bits per heavy atom. The first-order valence-corrected chi connectivity index (χ1v) is 9.18. The average molecular weight is 353 g/mol. The molecule has 1 saturated heterocycles. The van der Waals surface area contributed by atoms with Crippen LogP contribution in [-0.2, 0) is 4.79 Å². The monoisotopic (exact) mass is 353 g/mol. The van der Waals surface area contributed by atoms with Crippen LogP contribution in [0.1, 0.15) is 12.8 Å². The summed E-state index contributed by atoms with van der Waals surface area (Å²) in [6, 6.07) is 9.28. The molecule has 1 fully saturated rings. The number of thiophene rings is 1. The van der Waals surface area contributed by atoms with Crippen molar-refractivity contribution in [2.75, 3.05) is 29.0 Å². The standard InChI is InChI=1S/C18H19N5OS/c19-13-3-5-14(6-4-13)22-17(24)12-2-1-8-23(10-12)16-15-7-9-25-18(15)21-11-20-16/h3-7,9,11-12H,1-2,8,10,19H2,(H,22,24). The second kappa shape index (κ2) is 6.68. The number of carbonyl (C=O) groups is 1. The number of hydrogen-bond donors (Lipinski definition) is 2. The lowest BCUT2D eigenvalue weighted by Gasteiger charge is -2.33. The summed E-state index contributed by atoms with van der Waals surface area (Å²) in [7, 11) is 0. The van der Waals surface area contributed by atoms with E-state index in [9.17, 15) is 4.79 Å². The molecule has 0 bridgehead atoms. The largest absolute Gasteiger partial charge is 0.399 e. The highest BCUT2D eigenvalue weighted by atomic mass is 32.1. The van der Waals surface area contributed by atoms with Gasteiger partial charge in [-0.1, -0.05) is 0 Å². The molecule has 4 rings (SSSR count). The number of hydrogen-bond acceptors (Lipinski definition) is 6. The molecule has 0 aliphatic carbocycles. The summed E-state index contributed by atoms with van der Waals surface area (Å²) in [5.41, 5.74) is 7.15. The predicted octanol–water partition coefficient (Wildman–Crippen LogP) is 3.13. The van der Waals surface area contributed by atoms with E-state index in [1.807, 2.05) is 23.6 Å². The highest BCUT2D eigenvalue weighted by molar-refractivity contribution is 7.16. The van der Waals surface area contributed by atoms with Gasteiger partial charge >= 0.3 is 0 Å². The molecule has 3 N–H and O–H groups in total. The Hall–Kier alpha value is -2.67. The molecule has 3 aromatic rings. The molecule has 1 aromatic carbocycles. The van der Waals surface area contributed by atoms with E-state index in [-0.39, 0.29) is 11.8 Å². The summed E-state index contributed by atoms with van der Waals surface area (Å²) < 4.78 is 0. The van der Waals surface area contributed by atoms with E-state index in [0.29, 0.717) is 12.2 Å². The second-order valence-corrected chi connectivity index (χ2v) is 7.13. The van der Waals surface area contributed by atoms with E-state index in [4.69, 9.17) is 5.73 Å². The van der Waals surface area contributed by atoms with Gasteiger partial charge in [0.1, 0.15) is 17.0 Å². The van der Waals surface area contributed by atoms with E-state index in [2.05, 4.69) is 20.2 Å². The Labute approximate surface area is 149 Å². The van der Waals surface area contributed by atoms with Crippen molar-refractivity contribution in [2.24, 2.45) is 5.92 Å². The molecule has 2 aromatic heterocycles. The minimum Gasteiger partial charge on any atom is -0.399 e. The van der Waals surface area contributed by atoms with Crippen molar-refractivity contribution in [1.82, 2.24) is 9.97 Å². The molecular formula is C18H19N5OS. The molecule has 1 aliphatic rings. The minimum absolute atomic E-state index is 0.0464. The highest BCUT2D eigenvalue weighted by Crippen LogP contribution is 2.30. The van der Waals surface area contributed by atoms with Gasteiger partial charge in [0.05, 0.1) is 11.3 Å².